The van der Waals surface area contributed by atoms with E-state index in [1.54, 1.807) is 58.9 Å². The molecule has 0 radical (unpaired) electrons. The zero-order valence-electron chi connectivity index (χ0n) is 21.4. The van der Waals surface area contributed by atoms with Crippen molar-refractivity contribution < 1.29 is 36.3 Å². The van der Waals surface area contributed by atoms with Gasteiger partial charge in [-0.25, -0.2) is 4.79 Å². The molecule has 10 heteroatoms. The van der Waals surface area contributed by atoms with Gasteiger partial charge >= 0.3 is 6.09 Å². The molecule has 0 saturated carbocycles. The van der Waals surface area contributed by atoms with Crippen LogP contribution in [0.5, 0.6) is 11.5 Å². The van der Waals surface area contributed by atoms with Crippen molar-refractivity contribution in [3.8, 4) is 11.5 Å². The number of nitrogens with zero attached hydrogens (tertiary/aromatic N) is 1. The van der Waals surface area contributed by atoms with E-state index in [0.29, 0.717) is 30.3 Å². The Morgan fingerprint density at radius 3 is 2.33 bits per heavy atom. The number of ether oxygens (including phenoxy) is 4. The van der Waals surface area contributed by atoms with Crippen LogP contribution in [0.2, 0.25) is 0 Å². The van der Waals surface area contributed by atoms with Gasteiger partial charge in [0.2, 0.25) is 0 Å². The van der Waals surface area contributed by atoms with Gasteiger partial charge in [-0.15, -0.1) is 0 Å². The molecule has 0 aliphatic carbocycles. The highest BCUT2D eigenvalue weighted by atomic mass is 32.2. The second kappa shape index (κ2) is 9.57. The Labute approximate surface area is 212 Å². The Kier molecular flexibility index (Phi) is 6.98. The van der Waals surface area contributed by atoms with E-state index in [4.69, 9.17) is 23.1 Å². The maximum atomic E-state index is 13.3. The number of benzene rings is 2. The molecule has 2 aromatic carbocycles. The summed E-state index contributed by atoms with van der Waals surface area (Å²) in [7, 11) is -4.09. The standard InChI is InChI=1S/C26H33NO8S/c1-17-7-10-19(11-8-17)36(29,30)33-16-20-23(18-9-12-21-22(15-18)32-14-13-31-21)34-26(5,6)27(20)24(28)35-25(2,3)4/h7-12,15,20,23H,13-14,16H2,1-6H3/t20-,23-/m1/s1. The average Bonchev–Trinajstić information content (AvgIpc) is 3.07. The number of carbonyl (C=O) groups excluding carboxylic acids is 1. The van der Waals surface area contributed by atoms with Crippen molar-refractivity contribution in [2.24, 2.45) is 0 Å². The molecule has 0 aromatic heterocycles. The normalized spacial score (nSPS) is 21.3. The third-order valence-electron chi connectivity index (χ3n) is 5.87. The molecule has 0 bridgehead atoms. The molecule has 0 N–H and O–H groups in total. The first-order chi connectivity index (χ1) is 16.8. The van der Waals surface area contributed by atoms with E-state index in [-0.39, 0.29) is 11.5 Å². The summed E-state index contributed by atoms with van der Waals surface area (Å²) in [6.07, 6.45) is -1.34. The van der Waals surface area contributed by atoms with E-state index in [2.05, 4.69) is 0 Å². The third-order valence-corrected chi connectivity index (χ3v) is 7.16. The van der Waals surface area contributed by atoms with Crippen LogP contribution in [0.15, 0.2) is 47.4 Å². The van der Waals surface area contributed by atoms with Crippen molar-refractivity contribution in [1.29, 1.82) is 0 Å². The van der Waals surface area contributed by atoms with Crippen molar-refractivity contribution in [2.45, 2.75) is 69.9 Å². The topological polar surface area (TPSA) is 101 Å². The summed E-state index contributed by atoms with van der Waals surface area (Å²) in [6.45, 7) is 11.2. The van der Waals surface area contributed by atoms with Crippen LogP contribution in [0.1, 0.15) is 51.8 Å². The number of fused-ring (bicyclic) bond motifs is 1. The lowest BCUT2D eigenvalue weighted by Gasteiger charge is -2.34. The maximum Gasteiger partial charge on any atom is 0.413 e. The summed E-state index contributed by atoms with van der Waals surface area (Å²) in [5.74, 6) is 1.17. The van der Waals surface area contributed by atoms with E-state index in [0.717, 1.165) is 5.56 Å². The SMILES string of the molecule is Cc1ccc(S(=O)(=O)OC[C@@H]2[C@@H](c3ccc4c(c3)OCCO4)OC(C)(C)N2C(=O)OC(C)(C)C)cc1. The van der Waals surface area contributed by atoms with Gasteiger partial charge in [-0.3, -0.25) is 9.08 Å². The van der Waals surface area contributed by atoms with Gasteiger partial charge in [0.05, 0.1) is 17.5 Å². The van der Waals surface area contributed by atoms with Crippen molar-refractivity contribution in [1.82, 2.24) is 4.90 Å². The predicted octanol–water partition coefficient (Wildman–Crippen LogP) is 4.58. The van der Waals surface area contributed by atoms with Gasteiger partial charge in [0, 0.05) is 0 Å². The van der Waals surface area contributed by atoms with Crippen LogP contribution in [0.4, 0.5) is 4.79 Å². The lowest BCUT2D eigenvalue weighted by molar-refractivity contribution is -0.0799. The average molecular weight is 520 g/mol. The van der Waals surface area contributed by atoms with E-state index >= 15 is 0 Å². The lowest BCUT2D eigenvalue weighted by Crippen LogP contribution is -2.51. The van der Waals surface area contributed by atoms with Crippen LogP contribution in [0.25, 0.3) is 0 Å². The lowest BCUT2D eigenvalue weighted by atomic mass is 10.0. The Hall–Kier alpha value is -2.82. The highest BCUT2D eigenvalue weighted by Crippen LogP contribution is 2.44. The number of rotatable bonds is 5. The Balaban J connectivity index is 1.68. The number of hydrogen-bond acceptors (Lipinski definition) is 8. The Bertz CT molecular complexity index is 1220. The van der Waals surface area contributed by atoms with Crippen molar-refractivity contribution in [2.75, 3.05) is 19.8 Å². The van der Waals surface area contributed by atoms with Crippen molar-refractivity contribution in [3.63, 3.8) is 0 Å². The molecular formula is C26H33NO8S. The largest absolute Gasteiger partial charge is 0.486 e. The predicted molar refractivity (Wildman–Crippen MR) is 132 cm³/mol. The smallest absolute Gasteiger partial charge is 0.413 e. The fraction of sp³-hybridized carbons (Fsp3) is 0.500. The molecule has 9 nitrogen and oxygen atoms in total. The minimum atomic E-state index is -4.09. The van der Waals surface area contributed by atoms with Gasteiger partial charge in [0.25, 0.3) is 10.1 Å². The van der Waals surface area contributed by atoms with E-state index in [1.807, 2.05) is 13.0 Å². The molecule has 2 atom stereocenters. The van der Waals surface area contributed by atoms with Gasteiger partial charge in [0.1, 0.15) is 30.6 Å². The molecule has 1 amide bonds. The number of hydrogen-bond donors (Lipinski definition) is 0. The first kappa shape index (κ1) is 26.2. The fourth-order valence-corrected chi connectivity index (χ4v) is 5.19. The molecule has 2 aliphatic heterocycles. The summed E-state index contributed by atoms with van der Waals surface area (Å²) < 4.78 is 54.7. The minimum Gasteiger partial charge on any atom is -0.486 e. The van der Waals surface area contributed by atoms with Gasteiger partial charge in [-0.1, -0.05) is 23.8 Å². The van der Waals surface area contributed by atoms with Crippen LogP contribution < -0.4 is 9.47 Å². The molecule has 1 saturated heterocycles. The summed E-state index contributed by atoms with van der Waals surface area (Å²) in [6, 6.07) is 10.9. The quantitative estimate of drug-likeness (QED) is 0.529. The van der Waals surface area contributed by atoms with Crippen LogP contribution >= 0.6 is 0 Å². The summed E-state index contributed by atoms with van der Waals surface area (Å²) in [4.78, 5) is 14.7. The highest BCUT2D eigenvalue weighted by Gasteiger charge is 2.52. The van der Waals surface area contributed by atoms with Crippen molar-refractivity contribution in [3.05, 3.63) is 53.6 Å². The van der Waals surface area contributed by atoms with Crippen LogP contribution in [-0.4, -0.2) is 56.6 Å². The van der Waals surface area contributed by atoms with Crippen LogP contribution in [0, 0.1) is 6.92 Å². The van der Waals surface area contributed by atoms with E-state index in [1.165, 1.54) is 17.0 Å². The molecule has 196 valence electrons. The molecule has 2 aromatic rings. The van der Waals surface area contributed by atoms with Crippen LogP contribution in [0.3, 0.4) is 0 Å². The fourth-order valence-electron chi connectivity index (χ4n) is 4.27. The molecule has 1 fully saturated rings. The summed E-state index contributed by atoms with van der Waals surface area (Å²) in [5.41, 5.74) is -0.252. The van der Waals surface area contributed by atoms with E-state index in [9.17, 15) is 13.2 Å². The first-order valence-corrected chi connectivity index (χ1v) is 13.2. The Morgan fingerprint density at radius 2 is 1.69 bits per heavy atom. The second-order valence-electron chi connectivity index (χ2n) is 10.4. The summed E-state index contributed by atoms with van der Waals surface area (Å²) >= 11 is 0. The molecule has 0 spiro atoms. The zero-order valence-corrected chi connectivity index (χ0v) is 22.3. The van der Waals surface area contributed by atoms with E-state index < -0.39 is 39.7 Å². The number of amides is 1. The summed E-state index contributed by atoms with van der Waals surface area (Å²) in [5, 5.41) is 0. The van der Waals surface area contributed by atoms with Gasteiger partial charge in [-0.05, 0) is 71.4 Å². The minimum absolute atomic E-state index is 0.0333. The monoisotopic (exact) mass is 519 g/mol. The molecule has 4 rings (SSSR count). The maximum absolute atomic E-state index is 13.3. The number of aryl methyl sites for hydroxylation is 1. The molecular weight excluding hydrogens is 486 g/mol. The van der Waals surface area contributed by atoms with Gasteiger partial charge in [-0.2, -0.15) is 8.42 Å². The highest BCUT2D eigenvalue weighted by molar-refractivity contribution is 7.86. The molecule has 2 aliphatic rings. The zero-order chi connectivity index (χ0) is 26.3. The first-order valence-electron chi connectivity index (χ1n) is 11.8. The number of carbonyl (C=O) groups is 1. The van der Waals surface area contributed by atoms with Crippen LogP contribution in [-0.2, 0) is 23.8 Å². The van der Waals surface area contributed by atoms with Crippen molar-refractivity contribution >= 4 is 16.2 Å². The van der Waals surface area contributed by atoms with Gasteiger partial charge in [0.15, 0.2) is 11.5 Å². The molecule has 36 heavy (non-hydrogen) atoms. The van der Waals surface area contributed by atoms with Gasteiger partial charge < -0.3 is 18.9 Å². The molecule has 2 heterocycles. The Morgan fingerprint density at radius 1 is 1.06 bits per heavy atom. The second-order valence-corrected chi connectivity index (χ2v) is 12.0. The third kappa shape index (κ3) is 5.61. The molecule has 0 unspecified atom stereocenters.